The number of rotatable bonds is 9. The third-order valence-electron chi connectivity index (χ3n) is 5.45. The first-order valence-electron chi connectivity index (χ1n) is 11.0. The minimum atomic E-state index is -4.75. The molecule has 0 radical (unpaired) electrons. The number of aryl methyl sites for hydroxylation is 3. The molecule has 0 atom stereocenters. The molecule has 0 saturated heterocycles. The van der Waals surface area contributed by atoms with Gasteiger partial charge in [-0.15, -0.1) is 11.3 Å². The Morgan fingerprint density at radius 3 is 2.22 bits per heavy atom. The molecule has 0 spiro atoms. The Hall–Kier alpha value is -3.75. The molecule has 0 aliphatic heterocycles. The molecule has 0 bridgehead atoms. The monoisotopic (exact) mass is 538 g/mol. The maximum absolute atomic E-state index is 13.8. The summed E-state index contributed by atoms with van der Waals surface area (Å²) in [5, 5.41) is 0.595. The third-order valence-corrected chi connectivity index (χ3v) is 7.03. The minimum Gasteiger partial charge on any atom is -0.455 e. The zero-order chi connectivity index (χ0) is 26.7. The van der Waals surface area contributed by atoms with Gasteiger partial charge in [-0.25, -0.2) is 4.57 Å². The van der Waals surface area contributed by atoms with Crippen LogP contribution in [-0.4, -0.2) is 22.0 Å². The molecular weight excluding hydrogens is 515 g/mol. The Morgan fingerprint density at radius 2 is 1.59 bits per heavy atom. The van der Waals surface area contributed by atoms with Gasteiger partial charge >= 0.3 is 7.82 Å². The fourth-order valence-electron chi connectivity index (χ4n) is 4.06. The number of hydrogen-bond donors (Lipinski definition) is 2. The van der Waals surface area contributed by atoms with Crippen molar-refractivity contribution in [2.45, 2.75) is 20.8 Å². The average Bonchev–Trinajstić information content (AvgIpc) is 3.16. The van der Waals surface area contributed by atoms with Gasteiger partial charge in [0.15, 0.2) is 5.75 Å². The lowest BCUT2D eigenvalue weighted by Gasteiger charge is -2.12. The van der Waals surface area contributed by atoms with Crippen molar-refractivity contribution < 1.29 is 37.9 Å². The number of ketones is 1. The smallest absolute Gasteiger partial charge is 0.455 e. The van der Waals surface area contributed by atoms with Crippen LogP contribution >= 0.6 is 19.2 Å². The maximum Gasteiger partial charge on any atom is 0.524 e. The fourth-order valence-corrected chi connectivity index (χ4v) is 5.56. The van der Waals surface area contributed by atoms with Crippen LogP contribution in [-0.2, 0) is 14.1 Å². The maximum atomic E-state index is 13.8. The molecule has 0 fully saturated rings. The lowest BCUT2D eigenvalue weighted by Crippen LogP contribution is -2.06. The van der Waals surface area contributed by atoms with E-state index in [1.165, 1.54) is 18.4 Å². The summed E-state index contributed by atoms with van der Waals surface area (Å²) in [5.41, 5.74) is 4.07. The van der Waals surface area contributed by atoms with Gasteiger partial charge in [0, 0.05) is 15.6 Å². The van der Waals surface area contributed by atoms with Crippen LogP contribution in [0.15, 0.2) is 60.9 Å². The highest BCUT2D eigenvalue weighted by atomic mass is 32.1. The molecular formula is C27H23O8PS. The van der Waals surface area contributed by atoms with E-state index in [4.69, 9.17) is 9.26 Å². The summed E-state index contributed by atoms with van der Waals surface area (Å²) < 4.78 is 27.4. The average molecular weight is 539 g/mol. The Balaban J connectivity index is 1.80. The molecule has 1 aromatic heterocycles. The van der Waals surface area contributed by atoms with Gasteiger partial charge in [0.2, 0.25) is 5.78 Å². The first-order chi connectivity index (χ1) is 17.6. The second-order valence-corrected chi connectivity index (χ2v) is 10.5. The van der Waals surface area contributed by atoms with Crippen LogP contribution in [0, 0.1) is 20.8 Å². The summed E-state index contributed by atoms with van der Waals surface area (Å²) in [6.45, 7) is 6.05. The summed E-state index contributed by atoms with van der Waals surface area (Å²) in [6.07, 6.45) is 2.87. The summed E-state index contributed by atoms with van der Waals surface area (Å²) in [7, 11) is -4.75. The number of carbonyl (C=O) groups excluding carboxylic acids is 2. The second-order valence-electron chi connectivity index (χ2n) is 8.31. The lowest BCUT2D eigenvalue weighted by molar-refractivity contribution is -0.123. The van der Waals surface area contributed by atoms with Crippen LogP contribution in [0.3, 0.4) is 0 Å². The predicted molar refractivity (Wildman–Crippen MR) is 141 cm³/mol. The van der Waals surface area contributed by atoms with Crippen LogP contribution in [0.5, 0.6) is 17.2 Å². The molecule has 4 aromatic rings. The molecule has 10 heteroatoms. The van der Waals surface area contributed by atoms with E-state index in [1.54, 1.807) is 36.4 Å². The highest BCUT2D eigenvalue weighted by Gasteiger charge is 2.25. The van der Waals surface area contributed by atoms with Crippen molar-refractivity contribution in [3.63, 3.8) is 0 Å². The number of benzene rings is 3. The zero-order valence-corrected chi connectivity index (χ0v) is 21.8. The first-order valence-corrected chi connectivity index (χ1v) is 13.4. The van der Waals surface area contributed by atoms with Crippen LogP contribution in [0.1, 0.15) is 37.5 Å². The van der Waals surface area contributed by atoms with Crippen LogP contribution < -0.4 is 9.26 Å². The third kappa shape index (κ3) is 6.15. The number of carbonyl (C=O) groups is 2. The Kier molecular flexibility index (Phi) is 7.61. The van der Waals surface area contributed by atoms with Crippen LogP contribution in [0.25, 0.3) is 16.2 Å². The number of phosphoric acid groups is 1. The summed E-state index contributed by atoms with van der Waals surface area (Å²) in [5.74, 6) is 0.563. The quantitative estimate of drug-likeness (QED) is 0.108. The first kappa shape index (κ1) is 26.3. The number of ether oxygens (including phenoxy) is 2. The molecule has 4 rings (SSSR count). The molecule has 2 N–H and O–H groups in total. The fraction of sp³-hybridized carbons (Fsp3) is 0.111. The molecule has 37 heavy (non-hydrogen) atoms. The molecule has 1 heterocycles. The van der Waals surface area contributed by atoms with Crippen LogP contribution in [0.4, 0.5) is 0 Å². The van der Waals surface area contributed by atoms with E-state index in [-0.39, 0.29) is 11.5 Å². The highest BCUT2D eigenvalue weighted by molar-refractivity contribution is 7.46. The summed E-state index contributed by atoms with van der Waals surface area (Å²) in [4.78, 5) is 42.9. The van der Waals surface area contributed by atoms with E-state index >= 15 is 0 Å². The SMILES string of the molecule is Cc1cc(C)c(C(=O)c2sc3cc(OP(=O)(O)O)ccc3c2Oc2ccc(/C=C/OC=O)cc2)c(C)c1. The topological polar surface area (TPSA) is 119 Å². The van der Waals surface area contributed by atoms with Crippen molar-refractivity contribution in [1.82, 2.24) is 0 Å². The van der Waals surface area contributed by atoms with E-state index in [0.29, 0.717) is 38.5 Å². The van der Waals surface area contributed by atoms with Crippen molar-refractivity contribution in [2.24, 2.45) is 0 Å². The van der Waals surface area contributed by atoms with Gasteiger partial charge in [0.25, 0.3) is 6.47 Å². The molecule has 0 saturated carbocycles. The van der Waals surface area contributed by atoms with E-state index in [1.807, 2.05) is 32.9 Å². The summed E-state index contributed by atoms with van der Waals surface area (Å²) in [6, 6.07) is 15.3. The van der Waals surface area contributed by atoms with Crippen molar-refractivity contribution in [3.8, 4) is 17.2 Å². The van der Waals surface area contributed by atoms with Crippen molar-refractivity contribution in [1.29, 1.82) is 0 Å². The van der Waals surface area contributed by atoms with Gasteiger partial charge in [-0.1, -0.05) is 29.8 Å². The van der Waals surface area contributed by atoms with Gasteiger partial charge < -0.3 is 14.0 Å². The number of fused-ring (bicyclic) bond motifs is 1. The van der Waals surface area contributed by atoms with Crippen molar-refractivity contribution in [2.75, 3.05) is 0 Å². The standard InChI is InChI=1S/C27H23O8PS/c1-16-12-17(2)24(18(3)13-16)25(29)27-26(34-20-6-4-19(5-7-20)10-11-33-15-28)22-9-8-21(14-23(22)37-27)35-36(30,31)32/h4-15H,1-3H3,(H2,30,31,32)/b11-10+. The molecule has 190 valence electrons. The molecule has 0 aliphatic rings. The molecule has 0 amide bonds. The zero-order valence-electron chi connectivity index (χ0n) is 20.1. The van der Waals surface area contributed by atoms with Crippen molar-refractivity contribution >= 4 is 47.6 Å². The van der Waals surface area contributed by atoms with E-state index in [2.05, 4.69) is 4.74 Å². The normalized spacial score (nSPS) is 11.6. The minimum absolute atomic E-state index is 0.0241. The molecule has 0 unspecified atom stereocenters. The number of thiophene rings is 1. The number of phosphoric ester groups is 1. The van der Waals surface area contributed by atoms with E-state index in [0.717, 1.165) is 33.6 Å². The second kappa shape index (κ2) is 10.7. The highest BCUT2D eigenvalue weighted by Crippen LogP contribution is 2.45. The molecule has 8 nitrogen and oxygen atoms in total. The van der Waals surface area contributed by atoms with E-state index < -0.39 is 7.82 Å². The Bertz CT molecular complexity index is 1540. The largest absolute Gasteiger partial charge is 0.524 e. The molecule has 0 aliphatic carbocycles. The Morgan fingerprint density at radius 1 is 0.946 bits per heavy atom. The van der Waals surface area contributed by atoms with Gasteiger partial charge in [-0.05, 0) is 73.9 Å². The van der Waals surface area contributed by atoms with Gasteiger partial charge in [-0.3, -0.25) is 19.4 Å². The number of hydrogen-bond acceptors (Lipinski definition) is 7. The molecule has 3 aromatic carbocycles. The van der Waals surface area contributed by atoms with Gasteiger partial charge in [-0.2, -0.15) is 0 Å². The van der Waals surface area contributed by atoms with E-state index in [9.17, 15) is 23.9 Å². The Labute approximate surface area is 217 Å². The predicted octanol–water partition coefficient (Wildman–Crippen LogP) is 6.47. The van der Waals surface area contributed by atoms with Crippen LogP contribution in [0.2, 0.25) is 0 Å². The van der Waals surface area contributed by atoms with Gasteiger partial charge in [0.05, 0.1) is 6.26 Å². The lowest BCUT2D eigenvalue weighted by atomic mass is 9.95. The van der Waals surface area contributed by atoms with Gasteiger partial charge in [0.1, 0.15) is 16.4 Å². The summed E-state index contributed by atoms with van der Waals surface area (Å²) >= 11 is 1.16. The van der Waals surface area contributed by atoms with Crippen molar-refractivity contribution in [3.05, 3.63) is 93.6 Å².